The Morgan fingerprint density at radius 2 is 2.11 bits per heavy atom. The molecule has 1 aliphatic heterocycles. The van der Waals surface area contributed by atoms with E-state index < -0.39 is 0 Å². The van der Waals surface area contributed by atoms with Crippen LogP contribution in [0.5, 0.6) is 0 Å². The Bertz CT molecular complexity index is 362. The summed E-state index contributed by atoms with van der Waals surface area (Å²) in [5.74, 6) is 0. The lowest BCUT2D eigenvalue weighted by Crippen LogP contribution is -2.24. The average molecular weight is 263 g/mol. The SMILES string of the molecule is CNCCc1ccccc1COCC1CCCCO1. The van der Waals surface area contributed by atoms with E-state index in [1.165, 1.54) is 24.0 Å². The second-order valence-corrected chi connectivity index (χ2v) is 5.13. The van der Waals surface area contributed by atoms with E-state index in [1.807, 2.05) is 7.05 Å². The van der Waals surface area contributed by atoms with Crippen LogP contribution < -0.4 is 5.32 Å². The molecule has 3 heteroatoms. The molecule has 106 valence electrons. The maximum Gasteiger partial charge on any atom is 0.0808 e. The maximum atomic E-state index is 5.83. The largest absolute Gasteiger partial charge is 0.376 e. The van der Waals surface area contributed by atoms with Crippen molar-refractivity contribution in [2.24, 2.45) is 0 Å². The molecule has 1 saturated heterocycles. The van der Waals surface area contributed by atoms with Crippen LogP contribution >= 0.6 is 0 Å². The first kappa shape index (κ1) is 14.5. The highest BCUT2D eigenvalue weighted by Gasteiger charge is 2.13. The Hall–Kier alpha value is -0.900. The molecule has 1 N–H and O–H groups in total. The zero-order chi connectivity index (χ0) is 13.3. The van der Waals surface area contributed by atoms with Crippen molar-refractivity contribution in [3.63, 3.8) is 0 Å². The minimum absolute atomic E-state index is 0.304. The smallest absolute Gasteiger partial charge is 0.0808 e. The molecule has 0 amide bonds. The van der Waals surface area contributed by atoms with Crippen LogP contribution in [0.1, 0.15) is 30.4 Å². The summed E-state index contributed by atoms with van der Waals surface area (Å²) in [6, 6.07) is 8.53. The first-order chi connectivity index (χ1) is 9.40. The summed E-state index contributed by atoms with van der Waals surface area (Å²) in [5, 5.41) is 3.19. The van der Waals surface area contributed by atoms with Gasteiger partial charge in [-0.05, 0) is 50.4 Å². The average Bonchev–Trinajstić information content (AvgIpc) is 2.47. The van der Waals surface area contributed by atoms with Gasteiger partial charge in [0.1, 0.15) is 0 Å². The summed E-state index contributed by atoms with van der Waals surface area (Å²) in [6.07, 6.45) is 4.96. The second-order valence-electron chi connectivity index (χ2n) is 5.13. The monoisotopic (exact) mass is 263 g/mol. The van der Waals surface area contributed by atoms with E-state index in [0.717, 1.165) is 32.6 Å². The molecular weight excluding hydrogens is 238 g/mol. The van der Waals surface area contributed by atoms with Crippen LogP contribution in [0.25, 0.3) is 0 Å². The molecule has 1 aromatic carbocycles. The molecule has 0 saturated carbocycles. The van der Waals surface area contributed by atoms with Gasteiger partial charge >= 0.3 is 0 Å². The minimum Gasteiger partial charge on any atom is -0.376 e. The van der Waals surface area contributed by atoms with E-state index in [-0.39, 0.29) is 0 Å². The molecule has 0 aliphatic carbocycles. The molecule has 2 rings (SSSR count). The van der Waals surface area contributed by atoms with Gasteiger partial charge in [-0.2, -0.15) is 0 Å². The van der Waals surface area contributed by atoms with E-state index in [1.54, 1.807) is 0 Å². The van der Waals surface area contributed by atoms with Gasteiger partial charge in [-0.3, -0.25) is 0 Å². The van der Waals surface area contributed by atoms with Crippen molar-refractivity contribution < 1.29 is 9.47 Å². The third-order valence-electron chi connectivity index (χ3n) is 3.60. The van der Waals surface area contributed by atoms with E-state index in [9.17, 15) is 0 Å². The van der Waals surface area contributed by atoms with Crippen LogP contribution in [0.15, 0.2) is 24.3 Å². The fourth-order valence-electron chi connectivity index (χ4n) is 2.44. The number of hydrogen-bond donors (Lipinski definition) is 1. The zero-order valence-electron chi connectivity index (χ0n) is 11.9. The lowest BCUT2D eigenvalue weighted by atomic mass is 10.1. The standard InChI is InChI=1S/C16H25NO2/c1-17-10-9-14-6-2-3-7-15(14)12-18-13-16-8-4-5-11-19-16/h2-3,6-7,16-17H,4-5,8-13H2,1H3. The Labute approximate surface area is 116 Å². The van der Waals surface area contributed by atoms with Crippen molar-refractivity contribution in [1.82, 2.24) is 5.32 Å². The fourth-order valence-corrected chi connectivity index (χ4v) is 2.44. The molecule has 0 bridgehead atoms. The molecule has 0 radical (unpaired) electrons. The van der Waals surface area contributed by atoms with E-state index in [4.69, 9.17) is 9.47 Å². The first-order valence-corrected chi connectivity index (χ1v) is 7.31. The van der Waals surface area contributed by atoms with Gasteiger partial charge in [0.15, 0.2) is 0 Å². The highest BCUT2D eigenvalue weighted by Crippen LogP contribution is 2.15. The zero-order valence-corrected chi connectivity index (χ0v) is 11.9. The predicted molar refractivity (Wildman–Crippen MR) is 77.3 cm³/mol. The third kappa shape index (κ3) is 4.94. The molecule has 1 unspecified atom stereocenters. The molecule has 3 nitrogen and oxygen atoms in total. The Morgan fingerprint density at radius 1 is 1.26 bits per heavy atom. The van der Waals surface area contributed by atoms with Crippen LogP contribution in [-0.2, 0) is 22.5 Å². The lowest BCUT2D eigenvalue weighted by molar-refractivity contribution is -0.0448. The van der Waals surface area contributed by atoms with Gasteiger partial charge in [-0.1, -0.05) is 24.3 Å². The second kappa shape index (κ2) is 8.31. The van der Waals surface area contributed by atoms with E-state index in [2.05, 4.69) is 29.6 Å². The van der Waals surface area contributed by atoms with Gasteiger partial charge in [-0.25, -0.2) is 0 Å². The van der Waals surface area contributed by atoms with Crippen molar-refractivity contribution in [2.45, 2.75) is 38.4 Å². The summed E-state index contributed by atoms with van der Waals surface area (Å²) in [7, 11) is 1.99. The molecule has 1 fully saturated rings. The summed E-state index contributed by atoms with van der Waals surface area (Å²) in [5.41, 5.74) is 2.68. The van der Waals surface area contributed by atoms with E-state index in [0.29, 0.717) is 12.7 Å². The quantitative estimate of drug-likeness (QED) is 0.820. The van der Waals surface area contributed by atoms with Gasteiger partial charge in [0.05, 0.1) is 19.3 Å². The highest BCUT2D eigenvalue weighted by atomic mass is 16.5. The topological polar surface area (TPSA) is 30.5 Å². The van der Waals surface area contributed by atoms with Gasteiger partial charge in [0, 0.05) is 6.61 Å². The molecule has 1 heterocycles. The van der Waals surface area contributed by atoms with Crippen molar-refractivity contribution in [3.8, 4) is 0 Å². The number of rotatable bonds is 7. The number of hydrogen-bond acceptors (Lipinski definition) is 3. The normalized spacial score (nSPS) is 19.5. The third-order valence-corrected chi connectivity index (χ3v) is 3.60. The Kier molecular flexibility index (Phi) is 6.34. The summed E-state index contributed by atoms with van der Waals surface area (Å²) >= 11 is 0. The summed E-state index contributed by atoms with van der Waals surface area (Å²) in [4.78, 5) is 0. The predicted octanol–water partition coefficient (Wildman–Crippen LogP) is 2.53. The Morgan fingerprint density at radius 3 is 2.84 bits per heavy atom. The first-order valence-electron chi connectivity index (χ1n) is 7.31. The summed E-state index contributed by atoms with van der Waals surface area (Å²) < 4.78 is 11.5. The maximum absolute atomic E-state index is 5.83. The van der Waals surface area contributed by atoms with Gasteiger partial charge < -0.3 is 14.8 Å². The molecule has 19 heavy (non-hydrogen) atoms. The molecule has 1 aromatic rings. The van der Waals surface area contributed by atoms with Crippen LogP contribution in [0.4, 0.5) is 0 Å². The lowest BCUT2D eigenvalue weighted by Gasteiger charge is -2.22. The van der Waals surface area contributed by atoms with Crippen LogP contribution in [0, 0.1) is 0 Å². The van der Waals surface area contributed by atoms with Crippen molar-refractivity contribution in [1.29, 1.82) is 0 Å². The number of likely N-dealkylation sites (N-methyl/N-ethyl adjacent to an activating group) is 1. The van der Waals surface area contributed by atoms with Gasteiger partial charge in [0.2, 0.25) is 0 Å². The fraction of sp³-hybridized carbons (Fsp3) is 0.625. The van der Waals surface area contributed by atoms with E-state index >= 15 is 0 Å². The molecule has 1 atom stereocenters. The summed E-state index contributed by atoms with van der Waals surface area (Å²) in [6.45, 7) is 3.32. The number of benzene rings is 1. The van der Waals surface area contributed by atoms with Crippen LogP contribution in [0.2, 0.25) is 0 Å². The van der Waals surface area contributed by atoms with Crippen molar-refractivity contribution >= 4 is 0 Å². The molecule has 0 aromatic heterocycles. The van der Waals surface area contributed by atoms with Gasteiger partial charge in [0.25, 0.3) is 0 Å². The van der Waals surface area contributed by atoms with Crippen LogP contribution in [-0.4, -0.2) is 32.9 Å². The van der Waals surface area contributed by atoms with Gasteiger partial charge in [-0.15, -0.1) is 0 Å². The molecule has 0 spiro atoms. The highest BCUT2D eigenvalue weighted by molar-refractivity contribution is 5.26. The van der Waals surface area contributed by atoms with Crippen molar-refractivity contribution in [3.05, 3.63) is 35.4 Å². The number of nitrogens with one attached hydrogen (secondary N) is 1. The van der Waals surface area contributed by atoms with Crippen molar-refractivity contribution in [2.75, 3.05) is 26.8 Å². The number of ether oxygens (including phenoxy) is 2. The van der Waals surface area contributed by atoms with Crippen LogP contribution in [0.3, 0.4) is 0 Å². The molecular formula is C16H25NO2. The molecule has 1 aliphatic rings. The minimum atomic E-state index is 0.304. The Balaban J connectivity index is 1.77.